The summed E-state index contributed by atoms with van der Waals surface area (Å²) in [5.74, 6) is -0.151. The van der Waals surface area contributed by atoms with E-state index in [4.69, 9.17) is 0 Å². The summed E-state index contributed by atoms with van der Waals surface area (Å²) in [5.41, 5.74) is 2.35. The molecular weight excluding hydrogens is 292 g/mol. The molecule has 92 valence electrons. The molecule has 18 heavy (non-hydrogen) atoms. The van der Waals surface area contributed by atoms with Crippen LogP contribution in [0.1, 0.15) is 21.7 Å². The van der Waals surface area contributed by atoms with Gasteiger partial charge in [-0.1, -0.05) is 34.1 Å². The van der Waals surface area contributed by atoms with Crippen LogP contribution in [-0.2, 0) is 6.54 Å². The highest BCUT2D eigenvalue weighted by Crippen LogP contribution is 2.10. The first kappa shape index (κ1) is 12.8. The molecule has 4 heteroatoms. The van der Waals surface area contributed by atoms with Gasteiger partial charge in [0.2, 0.25) is 0 Å². The molecule has 0 aliphatic carbocycles. The lowest BCUT2D eigenvalue weighted by Gasteiger charge is -2.05. The Morgan fingerprint density at radius 1 is 1.22 bits per heavy atom. The second-order valence-corrected chi connectivity index (χ2v) is 4.89. The summed E-state index contributed by atoms with van der Waals surface area (Å²) < 4.78 is 1.03. The Hall–Kier alpha value is -1.68. The van der Waals surface area contributed by atoms with E-state index in [9.17, 15) is 4.79 Å². The molecule has 0 aliphatic rings. The van der Waals surface area contributed by atoms with E-state index in [0.29, 0.717) is 12.2 Å². The largest absolute Gasteiger partial charge is 0.347 e. The summed E-state index contributed by atoms with van der Waals surface area (Å²) in [5, 5.41) is 2.85. The highest BCUT2D eigenvalue weighted by Gasteiger charge is 2.06. The van der Waals surface area contributed by atoms with Gasteiger partial charge in [-0.05, 0) is 36.8 Å². The molecule has 0 atom stereocenters. The summed E-state index contributed by atoms with van der Waals surface area (Å²) in [6.45, 7) is 2.37. The molecule has 2 aromatic rings. The second kappa shape index (κ2) is 5.78. The molecule has 2 rings (SSSR count). The molecule has 0 aliphatic heterocycles. The second-order valence-electron chi connectivity index (χ2n) is 3.97. The van der Waals surface area contributed by atoms with E-state index in [1.807, 2.05) is 43.3 Å². The maximum Gasteiger partial charge on any atom is 0.270 e. The topological polar surface area (TPSA) is 42.0 Å². The molecule has 1 amide bonds. The fraction of sp³-hybridized carbons (Fsp3) is 0.143. The van der Waals surface area contributed by atoms with Crippen LogP contribution in [0.5, 0.6) is 0 Å². The van der Waals surface area contributed by atoms with Crippen molar-refractivity contribution in [2.45, 2.75) is 13.5 Å². The molecule has 0 saturated carbocycles. The molecule has 0 radical (unpaired) electrons. The Labute approximate surface area is 114 Å². The van der Waals surface area contributed by atoms with E-state index < -0.39 is 0 Å². The third-order valence-electron chi connectivity index (χ3n) is 2.49. The van der Waals surface area contributed by atoms with Gasteiger partial charge in [-0.25, -0.2) is 4.98 Å². The number of amides is 1. The molecule has 0 saturated heterocycles. The summed E-state index contributed by atoms with van der Waals surface area (Å²) in [4.78, 5) is 16.0. The van der Waals surface area contributed by atoms with Crippen molar-refractivity contribution in [1.29, 1.82) is 0 Å². The predicted octanol–water partition coefficient (Wildman–Crippen LogP) is 3.08. The number of nitrogens with zero attached hydrogens (tertiary/aromatic N) is 1. The van der Waals surface area contributed by atoms with E-state index in [1.165, 1.54) is 0 Å². The first-order valence-electron chi connectivity index (χ1n) is 5.61. The average molecular weight is 305 g/mol. The third kappa shape index (κ3) is 3.40. The summed E-state index contributed by atoms with van der Waals surface area (Å²) in [6.07, 6.45) is 0. The quantitative estimate of drug-likeness (QED) is 0.947. The first-order chi connectivity index (χ1) is 8.65. The zero-order valence-corrected chi connectivity index (χ0v) is 11.6. The number of carbonyl (C=O) groups is 1. The van der Waals surface area contributed by atoms with Gasteiger partial charge in [-0.15, -0.1) is 0 Å². The van der Waals surface area contributed by atoms with Gasteiger partial charge in [-0.2, -0.15) is 0 Å². The molecule has 0 fully saturated rings. The number of aromatic nitrogens is 1. The number of hydrogen-bond acceptors (Lipinski definition) is 2. The molecule has 1 aromatic heterocycles. The Morgan fingerprint density at radius 3 is 2.61 bits per heavy atom. The van der Waals surface area contributed by atoms with Crippen LogP contribution in [0.3, 0.4) is 0 Å². The zero-order chi connectivity index (χ0) is 13.0. The van der Waals surface area contributed by atoms with Gasteiger partial charge in [0.05, 0.1) is 0 Å². The van der Waals surface area contributed by atoms with E-state index in [2.05, 4.69) is 26.2 Å². The van der Waals surface area contributed by atoms with Gasteiger partial charge in [0.1, 0.15) is 5.69 Å². The molecule has 0 bridgehead atoms. The molecule has 0 spiro atoms. The number of benzene rings is 1. The Kier molecular flexibility index (Phi) is 4.10. The monoisotopic (exact) mass is 304 g/mol. The van der Waals surface area contributed by atoms with Crippen molar-refractivity contribution in [2.75, 3.05) is 0 Å². The maximum absolute atomic E-state index is 11.9. The van der Waals surface area contributed by atoms with Gasteiger partial charge in [0.15, 0.2) is 0 Å². The zero-order valence-electron chi connectivity index (χ0n) is 9.98. The van der Waals surface area contributed by atoms with Crippen molar-refractivity contribution in [3.8, 4) is 0 Å². The first-order valence-corrected chi connectivity index (χ1v) is 6.41. The van der Waals surface area contributed by atoms with E-state index in [-0.39, 0.29) is 5.91 Å². The molecule has 1 heterocycles. The van der Waals surface area contributed by atoms with Crippen molar-refractivity contribution < 1.29 is 4.79 Å². The minimum Gasteiger partial charge on any atom is -0.347 e. The van der Waals surface area contributed by atoms with Gasteiger partial charge in [0.25, 0.3) is 5.91 Å². The van der Waals surface area contributed by atoms with Crippen LogP contribution < -0.4 is 5.32 Å². The smallest absolute Gasteiger partial charge is 0.270 e. The van der Waals surface area contributed by atoms with Crippen LogP contribution in [-0.4, -0.2) is 10.9 Å². The van der Waals surface area contributed by atoms with Gasteiger partial charge in [-0.3, -0.25) is 4.79 Å². The van der Waals surface area contributed by atoms with Crippen molar-refractivity contribution in [1.82, 2.24) is 10.3 Å². The minimum absolute atomic E-state index is 0.151. The average Bonchev–Trinajstić information content (AvgIpc) is 2.38. The van der Waals surface area contributed by atoms with Gasteiger partial charge in [0, 0.05) is 16.7 Å². The number of pyridine rings is 1. The van der Waals surface area contributed by atoms with Crippen LogP contribution in [0.2, 0.25) is 0 Å². The molecule has 3 nitrogen and oxygen atoms in total. The van der Waals surface area contributed by atoms with E-state index in [0.717, 1.165) is 15.7 Å². The summed E-state index contributed by atoms with van der Waals surface area (Å²) >= 11 is 3.37. The number of nitrogens with one attached hydrogen (secondary N) is 1. The minimum atomic E-state index is -0.151. The lowest BCUT2D eigenvalue weighted by molar-refractivity contribution is 0.0945. The normalized spacial score (nSPS) is 10.1. The molecular formula is C14H13BrN2O. The fourth-order valence-electron chi connectivity index (χ4n) is 1.54. The Bertz CT molecular complexity index is 552. The Balaban J connectivity index is 1.98. The van der Waals surface area contributed by atoms with Crippen molar-refractivity contribution in [3.63, 3.8) is 0 Å². The van der Waals surface area contributed by atoms with Crippen LogP contribution in [0, 0.1) is 6.92 Å². The standard InChI is InChI=1S/C14H13BrN2O/c1-10-3-2-4-13(17-10)14(18)16-9-11-5-7-12(15)8-6-11/h2-8H,9H2,1H3,(H,16,18). The highest BCUT2D eigenvalue weighted by molar-refractivity contribution is 9.10. The third-order valence-corrected chi connectivity index (χ3v) is 3.02. The maximum atomic E-state index is 11.9. The lowest BCUT2D eigenvalue weighted by atomic mass is 10.2. The summed E-state index contributed by atoms with van der Waals surface area (Å²) in [7, 11) is 0. The number of carbonyl (C=O) groups excluding carboxylic acids is 1. The highest BCUT2D eigenvalue weighted by atomic mass is 79.9. The molecule has 1 aromatic carbocycles. The lowest BCUT2D eigenvalue weighted by Crippen LogP contribution is -2.23. The SMILES string of the molecule is Cc1cccc(C(=O)NCc2ccc(Br)cc2)n1. The van der Waals surface area contributed by atoms with Crippen LogP contribution in [0.25, 0.3) is 0 Å². The van der Waals surface area contributed by atoms with Crippen molar-refractivity contribution >= 4 is 21.8 Å². The number of rotatable bonds is 3. The number of aryl methyl sites for hydroxylation is 1. The summed E-state index contributed by atoms with van der Waals surface area (Å²) in [6, 6.07) is 13.2. The van der Waals surface area contributed by atoms with Crippen molar-refractivity contribution in [3.05, 3.63) is 63.9 Å². The van der Waals surface area contributed by atoms with Crippen molar-refractivity contribution in [2.24, 2.45) is 0 Å². The fourth-order valence-corrected chi connectivity index (χ4v) is 1.81. The Morgan fingerprint density at radius 2 is 1.94 bits per heavy atom. The number of halogens is 1. The van der Waals surface area contributed by atoms with Crippen LogP contribution in [0.15, 0.2) is 46.9 Å². The van der Waals surface area contributed by atoms with Gasteiger partial charge >= 0.3 is 0 Å². The predicted molar refractivity (Wildman–Crippen MR) is 74.3 cm³/mol. The van der Waals surface area contributed by atoms with E-state index >= 15 is 0 Å². The number of hydrogen-bond donors (Lipinski definition) is 1. The molecule has 1 N–H and O–H groups in total. The van der Waals surface area contributed by atoms with Crippen LogP contribution >= 0.6 is 15.9 Å². The van der Waals surface area contributed by atoms with E-state index in [1.54, 1.807) is 6.07 Å². The van der Waals surface area contributed by atoms with Gasteiger partial charge < -0.3 is 5.32 Å². The molecule has 0 unspecified atom stereocenters. The van der Waals surface area contributed by atoms with Crippen LogP contribution in [0.4, 0.5) is 0 Å².